The van der Waals surface area contributed by atoms with Gasteiger partial charge < -0.3 is 4.74 Å². The third kappa shape index (κ3) is 5.06. The van der Waals surface area contributed by atoms with Crippen LogP contribution >= 0.6 is 22.9 Å². The lowest BCUT2D eigenvalue weighted by molar-refractivity contribution is 0.306. The predicted molar refractivity (Wildman–Crippen MR) is 138 cm³/mol. The summed E-state index contributed by atoms with van der Waals surface area (Å²) in [6.45, 7) is 0.490. The van der Waals surface area contributed by atoms with Gasteiger partial charge in [0.15, 0.2) is 0 Å². The van der Waals surface area contributed by atoms with Gasteiger partial charge >= 0.3 is 0 Å². The zero-order valence-corrected chi connectivity index (χ0v) is 19.2. The monoisotopic (exact) mass is 469 g/mol. The molecule has 0 amide bonds. The number of ether oxygens (including phenoxy) is 1. The van der Waals surface area contributed by atoms with Crippen molar-refractivity contribution in [3.8, 4) is 17.0 Å². The lowest BCUT2D eigenvalue weighted by atomic mass is 10.0. The average Bonchev–Trinajstić information content (AvgIpc) is 3.33. The number of hydrazone groups is 1. The number of benzene rings is 4. The Morgan fingerprint density at radius 3 is 2.55 bits per heavy atom. The summed E-state index contributed by atoms with van der Waals surface area (Å²) in [4.78, 5) is 4.62. The molecule has 5 rings (SSSR count). The Hall–Kier alpha value is -3.67. The first-order valence-electron chi connectivity index (χ1n) is 10.5. The maximum absolute atomic E-state index is 6.16. The Morgan fingerprint density at radius 2 is 1.70 bits per heavy atom. The zero-order valence-electron chi connectivity index (χ0n) is 17.6. The molecule has 0 saturated heterocycles. The van der Waals surface area contributed by atoms with Crippen molar-refractivity contribution in [1.82, 2.24) is 4.98 Å². The van der Waals surface area contributed by atoms with Gasteiger partial charge in [0, 0.05) is 21.5 Å². The normalized spacial score (nSPS) is 11.2. The van der Waals surface area contributed by atoms with Crippen molar-refractivity contribution in [2.24, 2.45) is 5.10 Å². The van der Waals surface area contributed by atoms with Gasteiger partial charge in [0.25, 0.3) is 0 Å². The van der Waals surface area contributed by atoms with Crippen LogP contribution < -0.4 is 10.2 Å². The van der Waals surface area contributed by atoms with Crippen LogP contribution in [0.3, 0.4) is 0 Å². The Labute approximate surface area is 201 Å². The number of hydrogen-bond acceptors (Lipinski definition) is 5. The Kier molecular flexibility index (Phi) is 6.33. The number of halogens is 1. The van der Waals surface area contributed by atoms with Crippen molar-refractivity contribution in [2.75, 3.05) is 5.43 Å². The van der Waals surface area contributed by atoms with E-state index in [0.29, 0.717) is 16.8 Å². The topological polar surface area (TPSA) is 46.5 Å². The highest BCUT2D eigenvalue weighted by Gasteiger charge is 2.08. The van der Waals surface area contributed by atoms with Crippen molar-refractivity contribution >= 4 is 45.1 Å². The summed E-state index contributed by atoms with van der Waals surface area (Å²) >= 11 is 7.48. The van der Waals surface area contributed by atoms with Crippen LogP contribution in [0.2, 0.25) is 5.02 Å². The van der Waals surface area contributed by atoms with Crippen LogP contribution in [0.4, 0.5) is 5.13 Å². The molecule has 0 unspecified atom stereocenters. The van der Waals surface area contributed by atoms with E-state index in [-0.39, 0.29) is 0 Å². The van der Waals surface area contributed by atoms with Gasteiger partial charge in [-0.15, -0.1) is 11.3 Å². The third-order valence-corrected chi connectivity index (χ3v) is 6.16. The lowest BCUT2D eigenvalue weighted by Gasteiger charge is -2.12. The highest BCUT2D eigenvalue weighted by Crippen LogP contribution is 2.28. The van der Waals surface area contributed by atoms with Crippen LogP contribution in [0.1, 0.15) is 11.1 Å². The van der Waals surface area contributed by atoms with E-state index in [9.17, 15) is 0 Å². The number of fused-ring (bicyclic) bond motifs is 1. The molecule has 1 aromatic heterocycles. The van der Waals surface area contributed by atoms with E-state index in [2.05, 4.69) is 45.8 Å². The van der Waals surface area contributed by atoms with Gasteiger partial charge in [-0.2, -0.15) is 5.10 Å². The van der Waals surface area contributed by atoms with Gasteiger partial charge in [0.2, 0.25) is 5.13 Å². The molecule has 0 radical (unpaired) electrons. The first-order chi connectivity index (χ1) is 16.3. The second-order valence-corrected chi connectivity index (χ2v) is 8.68. The van der Waals surface area contributed by atoms with E-state index in [1.807, 2.05) is 66.0 Å². The molecule has 0 atom stereocenters. The number of rotatable bonds is 7. The number of nitrogens with zero attached hydrogens (tertiary/aromatic N) is 2. The fraction of sp³-hybridized carbons (Fsp3) is 0.0370. The largest absolute Gasteiger partial charge is 0.488 e. The smallest absolute Gasteiger partial charge is 0.203 e. The molecule has 0 fully saturated rings. The van der Waals surface area contributed by atoms with Crippen molar-refractivity contribution in [3.05, 3.63) is 113 Å². The van der Waals surface area contributed by atoms with E-state index >= 15 is 0 Å². The highest BCUT2D eigenvalue weighted by atomic mass is 35.5. The van der Waals surface area contributed by atoms with E-state index in [1.54, 1.807) is 6.21 Å². The third-order valence-electron chi connectivity index (χ3n) is 5.17. The Balaban J connectivity index is 1.37. The van der Waals surface area contributed by atoms with Crippen molar-refractivity contribution in [3.63, 3.8) is 0 Å². The molecule has 0 aliphatic rings. The maximum Gasteiger partial charge on any atom is 0.203 e. The lowest BCUT2D eigenvalue weighted by Crippen LogP contribution is -2.00. The summed E-state index contributed by atoms with van der Waals surface area (Å²) in [5, 5.41) is 10.1. The summed E-state index contributed by atoms with van der Waals surface area (Å²) in [6, 6.07) is 30.0. The first kappa shape index (κ1) is 21.2. The molecule has 1 heterocycles. The van der Waals surface area contributed by atoms with Crippen LogP contribution in [-0.4, -0.2) is 11.2 Å². The van der Waals surface area contributed by atoms with Crippen LogP contribution in [0, 0.1) is 0 Å². The number of anilines is 1. The Morgan fingerprint density at radius 1 is 0.909 bits per heavy atom. The SMILES string of the molecule is Clc1ccc(-c2csc(N/N=C\c3c(OCc4ccccc4)ccc4ccccc34)n2)cc1. The molecule has 4 aromatic carbocycles. The summed E-state index contributed by atoms with van der Waals surface area (Å²) in [7, 11) is 0. The Bertz CT molecular complexity index is 1400. The molecule has 33 heavy (non-hydrogen) atoms. The minimum Gasteiger partial charge on any atom is -0.488 e. The molecule has 0 aliphatic heterocycles. The number of thiazole rings is 1. The summed E-state index contributed by atoms with van der Waals surface area (Å²) in [5.41, 5.74) is 6.99. The minimum absolute atomic E-state index is 0.490. The van der Waals surface area contributed by atoms with Gasteiger partial charge in [-0.3, -0.25) is 5.43 Å². The van der Waals surface area contributed by atoms with E-state index < -0.39 is 0 Å². The van der Waals surface area contributed by atoms with Crippen LogP contribution in [0.25, 0.3) is 22.0 Å². The van der Waals surface area contributed by atoms with Crippen LogP contribution in [-0.2, 0) is 6.61 Å². The van der Waals surface area contributed by atoms with Gasteiger partial charge in [0.05, 0.1) is 11.9 Å². The van der Waals surface area contributed by atoms with E-state index in [4.69, 9.17) is 16.3 Å². The second kappa shape index (κ2) is 9.86. The molecule has 0 bridgehead atoms. The molecule has 0 saturated carbocycles. The van der Waals surface area contributed by atoms with Crippen molar-refractivity contribution < 1.29 is 4.74 Å². The second-order valence-electron chi connectivity index (χ2n) is 7.39. The molecule has 4 nitrogen and oxygen atoms in total. The minimum atomic E-state index is 0.490. The number of aromatic nitrogens is 1. The van der Waals surface area contributed by atoms with E-state index in [1.165, 1.54) is 11.3 Å². The molecule has 162 valence electrons. The molecule has 0 spiro atoms. The molecule has 6 heteroatoms. The van der Waals surface area contributed by atoms with Crippen LogP contribution in [0.5, 0.6) is 5.75 Å². The highest BCUT2D eigenvalue weighted by molar-refractivity contribution is 7.14. The predicted octanol–water partition coefficient (Wildman–Crippen LogP) is 7.64. The molecule has 5 aromatic rings. The number of nitrogens with one attached hydrogen (secondary N) is 1. The average molecular weight is 470 g/mol. The summed E-state index contributed by atoms with van der Waals surface area (Å²) in [6.07, 6.45) is 1.80. The van der Waals surface area contributed by atoms with Gasteiger partial charge in [-0.1, -0.05) is 84.4 Å². The molecule has 0 aliphatic carbocycles. The van der Waals surface area contributed by atoms with Gasteiger partial charge in [-0.25, -0.2) is 4.98 Å². The quantitative estimate of drug-likeness (QED) is 0.197. The van der Waals surface area contributed by atoms with Crippen molar-refractivity contribution in [1.29, 1.82) is 0 Å². The van der Waals surface area contributed by atoms with Gasteiger partial charge in [0.1, 0.15) is 12.4 Å². The van der Waals surface area contributed by atoms with E-state index in [0.717, 1.165) is 38.9 Å². The molecule has 1 N–H and O–H groups in total. The van der Waals surface area contributed by atoms with Gasteiger partial charge in [-0.05, 0) is 34.5 Å². The van der Waals surface area contributed by atoms with Crippen LogP contribution in [0.15, 0.2) is 101 Å². The molecular formula is C27H20ClN3OS. The number of hydrogen-bond donors (Lipinski definition) is 1. The summed E-state index contributed by atoms with van der Waals surface area (Å²) in [5.74, 6) is 0.782. The maximum atomic E-state index is 6.16. The molecular weight excluding hydrogens is 450 g/mol. The van der Waals surface area contributed by atoms with Crippen molar-refractivity contribution in [2.45, 2.75) is 6.61 Å². The fourth-order valence-corrected chi connectivity index (χ4v) is 4.29. The summed E-state index contributed by atoms with van der Waals surface area (Å²) < 4.78 is 6.16. The standard InChI is InChI=1S/C27H20ClN3OS/c28-22-13-10-21(11-14-22)25-18-33-27(30-25)31-29-16-24-23-9-5-4-8-20(23)12-15-26(24)32-17-19-6-2-1-3-7-19/h1-16,18H,17H2,(H,30,31)/b29-16-. The first-order valence-corrected chi connectivity index (χ1v) is 11.7. The zero-order chi connectivity index (χ0) is 22.5. The fourth-order valence-electron chi connectivity index (χ4n) is 3.50.